The van der Waals surface area contributed by atoms with Crippen LogP contribution in [0.2, 0.25) is 0 Å². The van der Waals surface area contributed by atoms with E-state index in [1.807, 2.05) is 6.92 Å². The van der Waals surface area contributed by atoms with Crippen LogP contribution >= 0.6 is 0 Å². The third-order valence-corrected chi connectivity index (χ3v) is 4.06. The lowest BCUT2D eigenvalue weighted by Crippen LogP contribution is -2.19. The molecule has 0 aromatic carbocycles. The molecule has 0 amide bonds. The van der Waals surface area contributed by atoms with Crippen molar-refractivity contribution in [2.45, 2.75) is 47.0 Å². The number of hydrogen-bond donors (Lipinski definition) is 1. The Kier molecular flexibility index (Phi) is 5.54. The van der Waals surface area contributed by atoms with Crippen LogP contribution in [-0.2, 0) is 11.1 Å². The molecule has 1 N–H and O–H groups in total. The summed E-state index contributed by atoms with van der Waals surface area (Å²) >= 11 is -1.74. The topological polar surface area (TPSA) is 37.3 Å². The quantitative estimate of drug-likeness (QED) is 0.611. The van der Waals surface area contributed by atoms with Crippen LogP contribution < -0.4 is 0 Å². The minimum Gasteiger partial charge on any atom is -0.306 e. The second-order valence-electron chi connectivity index (χ2n) is 5.70. The first-order valence-corrected chi connectivity index (χ1v) is 7.73. The number of allylic oxidation sites excluding steroid dienone is 5. The minimum atomic E-state index is -1.74. The number of rotatable bonds is 4. The summed E-state index contributed by atoms with van der Waals surface area (Å²) in [6, 6.07) is 0. The van der Waals surface area contributed by atoms with Gasteiger partial charge in [0.25, 0.3) is 0 Å². The van der Waals surface area contributed by atoms with Crippen LogP contribution in [0.4, 0.5) is 0 Å². The molecule has 1 aliphatic rings. The van der Waals surface area contributed by atoms with E-state index in [0.717, 1.165) is 5.57 Å². The van der Waals surface area contributed by atoms with E-state index in [0.29, 0.717) is 0 Å². The highest BCUT2D eigenvalue weighted by molar-refractivity contribution is 7.79. The molecule has 1 aliphatic carbocycles. The summed E-state index contributed by atoms with van der Waals surface area (Å²) < 4.78 is 19.3. The molecule has 0 saturated carbocycles. The van der Waals surface area contributed by atoms with Gasteiger partial charge in [-0.3, -0.25) is 0 Å². The van der Waals surface area contributed by atoms with Crippen LogP contribution in [-0.4, -0.2) is 14.5 Å². The van der Waals surface area contributed by atoms with E-state index in [1.54, 1.807) is 6.08 Å². The lowest BCUT2D eigenvalue weighted by atomic mass is 9.72. The lowest BCUT2D eigenvalue weighted by Gasteiger charge is -2.32. The molecule has 102 valence electrons. The van der Waals surface area contributed by atoms with Crippen LogP contribution in [0.15, 0.2) is 34.9 Å². The van der Waals surface area contributed by atoms with E-state index < -0.39 is 11.1 Å². The van der Waals surface area contributed by atoms with E-state index >= 15 is 0 Å². The predicted octanol–water partition coefficient (Wildman–Crippen LogP) is 4.24. The molecule has 1 rings (SSSR count). The van der Waals surface area contributed by atoms with E-state index in [2.05, 4.69) is 32.9 Å². The Morgan fingerprint density at radius 2 is 2.17 bits per heavy atom. The zero-order valence-corrected chi connectivity index (χ0v) is 12.6. The Bertz CT molecular complexity index is 414. The molecular formula is C15H24O2S. The van der Waals surface area contributed by atoms with Crippen molar-refractivity contribution >= 4 is 11.1 Å². The van der Waals surface area contributed by atoms with Crippen molar-refractivity contribution in [2.75, 3.05) is 5.75 Å². The van der Waals surface area contributed by atoms with E-state index in [-0.39, 0.29) is 11.2 Å². The van der Waals surface area contributed by atoms with Crippen molar-refractivity contribution in [2.24, 2.45) is 5.41 Å². The van der Waals surface area contributed by atoms with Gasteiger partial charge in [0, 0.05) is 0 Å². The summed E-state index contributed by atoms with van der Waals surface area (Å²) in [7, 11) is 0. The van der Waals surface area contributed by atoms with Crippen molar-refractivity contribution < 1.29 is 8.76 Å². The molecule has 3 heteroatoms. The smallest absolute Gasteiger partial charge is 0.156 e. The molecule has 0 heterocycles. The molecule has 0 aromatic heterocycles. The second-order valence-corrected chi connectivity index (χ2v) is 6.68. The van der Waals surface area contributed by atoms with Crippen LogP contribution in [0.25, 0.3) is 0 Å². The Labute approximate surface area is 113 Å². The highest BCUT2D eigenvalue weighted by atomic mass is 32.2. The lowest BCUT2D eigenvalue weighted by molar-refractivity contribution is 0.377. The van der Waals surface area contributed by atoms with Gasteiger partial charge in [0.05, 0.1) is 5.75 Å². The van der Waals surface area contributed by atoms with E-state index in [4.69, 9.17) is 4.55 Å². The summed E-state index contributed by atoms with van der Waals surface area (Å²) in [5, 5.41) is 0. The van der Waals surface area contributed by atoms with E-state index in [1.165, 1.54) is 30.4 Å². The standard InChI is InChI=1S/C15H24O2S/c1-12(9-11-18(16)17)7-8-14-13(2)6-5-10-15(14,3)4/h7-9H,5-6,10-11H2,1-4H3,(H,16,17). The van der Waals surface area contributed by atoms with Crippen LogP contribution in [0, 0.1) is 5.41 Å². The van der Waals surface area contributed by atoms with Crippen molar-refractivity contribution in [1.29, 1.82) is 0 Å². The van der Waals surface area contributed by atoms with Gasteiger partial charge in [-0.1, -0.05) is 43.2 Å². The second kappa shape index (κ2) is 6.48. The summed E-state index contributed by atoms with van der Waals surface area (Å²) in [5.41, 5.74) is 4.19. The van der Waals surface area contributed by atoms with Gasteiger partial charge in [-0.25, -0.2) is 4.21 Å². The van der Waals surface area contributed by atoms with Gasteiger partial charge >= 0.3 is 0 Å². The molecular weight excluding hydrogens is 244 g/mol. The molecule has 0 bridgehead atoms. The van der Waals surface area contributed by atoms with Gasteiger partial charge in [-0.15, -0.1) is 0 Å². The maximum absolute atomic E-state index is 10.6. The SMILES string of the molecule is CC(C=CC1=C(C)CCCC1(C)C)=CCS(=O)O. The first-order valence-electron chi connectivity index (χ1n) is 6.45. The fourth-order valence-electron chi connectivity index (χ4n) is 2.50. The van der Waals surface area contributed by atoms with Crippen molar-refractivity contribution in [3.05, 3.63) is 34.9 Å². The van der Waals surface area contributed by atoms with Gasteiger partial charge in [0.2, 0.25) is 0 Å². The summed E-state index contributed by atoms with van der Waals surface area (Å²) in [6.07, 6.45) is 9.73. The Balaban J connectivity index is 2.82. The highest BCUT2D eigenvalue weighted by Crippen LogP contribution is 2.40. The summed E-state index contributed by atoms with van der Waals surface area (Å²) in [4.78, 5) is 0. The molecule has 0 fully saturated rings. The zero-order chi connectivity index (χ0) is 13.8. The van der Waals surface area contributed by atoms with E-state index in [9.17, 15) is 4.21 Å². The molecule has 0 aliphatic heterocycles. The Morgan fingerprint density at radius 1 is 1.50 bits per heavy atom. The largest absolute Gasteiger partial charge is 0.306 e. The molecule has 0 spiro atoms. The highest BCUT2D eigenvalue weighted by Gasteiger charge is 2.26. The fourth-order valence-corrected chi connectivity index (χ4v) is 2.90. The Morgan fingerprint density at radius 3 is 2.72 bits per heavy atom. The molecule has 1 unspecified atom stereocenters. The summed E-state index contributed by atoms with van der Waals surface area (Å²) in [5.74, 6) is 0.206. The van der Waals surface area contributed by atoms with Gasteiger partial charge in [-0.2, -0.15) is 0 Å². The van der Waals surface area contributed by atoms with Crippen molar-refractivity contribution in [3.63, 3.8) is 0 Å². The molecule has 18 heavy (non-hydrogen) atoms. The van der Waals surface area contributed by atoms with Crippen LogP contribution in [0.1, 0.15) is 47.0 Å². The summed E-state index contributed by atoms with van der Waals surface area (Å²) in [6.45, 7) is 8.76. The van der Waals surface area contributed by atoms with Gasteiger partial charge in [-0.05, 0) is 44.1 Å². The van der Waals surface area contributed by atoms with Gasteiger partial charge in [0.15, 0.2) is 11.1 Å². The normalized spacial score (nSPS) is 22.6. The molecule has 0 saturated heterocycles. The van der Waals surface area contributed by atoms with Gasteiger partial charge in [0.1, 0.15) is 0 Å². The van der Waals surface area contributed by atoms with Crippen molar-refractivity contribution in [3.8, 4) is 0 Å². The third kappa shape index (κ3) is 4.54. The maximum atomic E-state index is 10.6. The average molecular weight is 268 g/mol. The third-order valence-electron chi connectivity index (χ3n) is 3.60. The molecule has 1 atom stereocenters. The molecule has 0 radical (unpaired) electrons. The Hall–Kier alpha value is -0.670. The molecule has 0 aromatic rings. The zero-order valence-electron chi connectivity index (χ0n) is 11.8. The molecule has 2 nitrogen and oxygen atoms in total. The maximum Gasteiger partial charge on any atom is 0.156 e. The van der Waals surface area contributed by atoms with Gasteiger partial charge < -0.3 is 4.55 Å². The average Bonchev–Trinajstić information content (AvgIpc) is 2.24. The minimum absolute atomic E-state index is 0.206. The van der Waals surface area contributed by atoms with Crippen LogP contribution in [0.3, 0.4) is 0 Å². The fraction of sp³-hybridized carbons (Fsp3) is 0.600. The monoisotopic (exact) mass is 268 g/mol. The number of hydrogen-bond acceptors (Lipinski definition) is 1. The predicted molar refractivity (Wildman–Crippen MR) is 78.9 cm³/mol. The van der Waals surface area contributed by atoms with Crippen LogP contribution in [0.5, 0.6) is 0 Å². The first-order chi connectivity index (χ1) is 8.33. The van der Waals surface area contributed by atoms with Crippen molar-refractivity contribution in [1.82, 2.24) is 0 Å². The first kappa shape index (κ1) is 15.4.